The molecule has 6 atom stereocenters. The number of Topliss-reactive ketones (excluding diaryl/α,β-unsaturated/α-hetero) is 1. The van der Waals surface area contributed by atoms with E-state index in [1.165, 1.54) is 20.2 Å². The number of nitrogen functional groups attached to an aromatic ring is 1. The Morgan fingerprint density at radius 1 is 1.26 bits per heavy atom. The lowest BCUT2D eigenvalue weighted by molar-refractivity contribution is -0.156. The lowest BCUT2D eigenvalue weighted by Crippen LogP contribution is -2.39. The summed E-state index contributed by atoms with van der Waals surface area (Å²) in [6.45, 7) is 10.1. The molecule has 1 aromatic carbocycles. The zero-order chi connectivity index (χ0) is 30.8. The minimum absolute atomic E-state index is 0.0843. The second-order valence-electron chi connectivity index (χ2n) is 10.5. The number of imidazole rings is 1. The van der Waals surface area contributed by atoms with Crippen molar-refractivity contribution < 1.29 is 33.0 Å². The highest BCUT2D eigenvalue weighted by atomic mass is 31.2. The number of esters is 1. The second-order valence-corrected chi connectivity index (χ2v) is 12.2. The van der Waals surface area contributed by atoms with Crippen LogP contribution in [-0.2, 0) is 23.4 Å². The summed E-state index contributed by atoms with van der Waals surface area (Å²) < 4.78 is 32.3. The molecule has 0 radical (unpaired) electrons. The number of nitrogens with two attached hydrogens (primary N) is 1. The fraction of sp³-hybridized carbons (Fsp3) is 0.444. The Hall–Kier alpha value is -3.84. The van der Waals surface area contributed by atoms with Gasteiger partial charge >= 0.3 is 13.7 Å². The summed E-state index contributed by atoms with van der Waals surface area (Å²) in [6.07, 6.45) is -0.351. The molecule has 15 heteroatoms. The van der Waals surface area contributed by atoms with E-state index in [2.05, 4.69) is 26.6 Å². The number of aromatic nitrogens is 4. The van der Waals surface area contributed by atoms with Gasteiger partial charge in [-0.3, -0.25) is 23.9 Å². The Morgan fingerprint density at radius 3 is 2.62 bits per heavy atom. The SMILES string of the molecule is C=C1[C@H](CO[P@@](=O)(N[C@@H](C)C(=O)O[C@@H](C)C(=O)C(C)C)Oc2ccccc2)[C@@H](O)C[C@@H]1n1cnc2c(=O)[nH]c(N)nc21. The number of para-hydroxylation sites is 1. The number of hydrogen-bond donors (Lipinski definition) is 4. The van der Waals surface area contributed by atoms with Crippen molar-refractivity contribution in [1.82, 2.24) is 24.6 Å². The van der Waals surface area contributed by atoms with Crippen molar-refractivity contribution in [3.63, 3.8) is 0 Å². The van der Waals surface area contributed by atoms with E-state index in [4.69, 9.17) is 19.5 Å². The third-order valence-corrected chi connectivity index (χ3v) is 8.62. The average Bonchev–Trinajstić information content (AvgIpc) is 3.47. The summed E-state index contributed by atoms with van der Waals surface area (Å²) in [7, 11) is -4.26. The topological polar surface area (TPSA) is 201 Å². The molecule has 0 bridgehead atoms. The molecule has 226 valence electrons. The van der Waals surface area contributed by atoms with Gasteiger partial charge in [0.1, 0.15) is 11.8 Å². The lowest BCUT2D eigenvalue weighted by Gasteiger charge is -2.26. The molecule has 42 heavy (non-hydrogen) atoms. The summed E-state index contributed by atoms with van der Waals surface area (Å²) in [5.74, 6) is -2.00. The van der Waals surface area contributed by atoms with Gasteiger partial charge in [-0.1, -0.05) is 38.6 Å². The Balaban J connectivity index is 1.51. The van der Waals surface area contributed by atoms with Crippen LogP contribution in [0.5, 0.6) is 5.75 Å². The highest BCUT2D eigenvalue weighted by Crippen LogP contribution is 2.48. The van der Waals surface area contributed by atoms with Gasteiger partial charge in [0.15, 0.2) is 23.1 Å². The fourth-order valence-corrected chi connectivity index (χ4v) is 6.22. The molecule has 0 amide bonds. The Labute approximate surface area is 241 Å². The molecule has 1 aliphatic rings. The number of carbonyl (C=O) groups excluding carboxylic acids is 2. The molecular formula is C27H35N6O8P. The van der Waals surface area contributed by atoms with Crippen molar-refractivity contribution in [2.75, 3.05) is 12.3 Å². The number of nitrogens with one attached hydrogen (secondary N) is 2. The number of benzene rings is 1. The number of fused-ring (bicyclic) bond motifs is 1. The van der Waals surface area contributed by atoms with Gasteiger partial charge in [-0.2, -0.15) is 10.1 Å². The van der Waals surface area contributed by atoms with Crippen LogP contribution in [0.4, 0.5) is 5.95 Å². The lowest BCUT2D eigenvalue weighted by atomic mass is 10.0. The van der Waals surface area contributed by atoms with Crippen molar-refractivity contribution in [2.24, 2.45) is 11.8 Å². The van der Waals surface area contributed by atoms with Crippen LogP contribution >= 0.6 is 7.75 Å². The van der Waals surface area contributed by atoms with E-state index in [9.17, 15) is 24.1 Å². The third kappa shape index (κ3) is 6.79. The van der Waals surface area contributed by atoms with Crippen LogP contribution in [0, 0.1) is 11.8 Å². The number of anilines is 1. The summed E-state index contributed by atoms with van der Waals surface area (Å²) in [5.41, 5.74) is 6.05. The number of carbonyl (C=O) groups is 2. The molecule has 1 aliphatic carbocycles. The first-order chi connectivity index (χ1) is 19.8. The van der Waals surface area contributed by atoms with Gasteiger partial charge in [-0.05, 0) is 38.0 Å². The Morgan fingerprint density at radius 2 is 1.95 bits per heavy atom. The summed E-state index contributed by atoms with van der Waals surface area (Å²) in [6, 6.07) is 6.52. The minimum Gasteiger partial charge on any atom is -0.453 e. The number of aliphatic hydroxyl groups excluding tert-OH is 1. The molecule has 5 N–H and O–H groups in total. The van der Waals surface area contributed by atoms with E-state index in [1.807, 2.05) is 0 Å². The van der Waals surface area contributed by atoms with Crippen molar-refractivity contribution in [3.8, 4) is 5.75 Å². The van der Waals surface area contributed by atoms with Gasteiger partial charge in [0, 0.05) is 11.8 Å². The van der Waals surface area contributed by atoms with Crippen LogP contribution in [0.3, 0.4) is 0 Å². The van der Waals surface area contributed by atoms with E-state index in [-0.39, 0.29) is 47.6 Å². The first-order valence-corrected chi connectivity index (χ1v) is 14.9. The highest BCUT2D eigenvalue weighted by molar-refractivity contribution is 7.52. The van der Waals surface area contributed by atoms with E-state index in [0.717, 1.165) is 0 Å². The maximum absolute atomic E-state index is 13.9. The smallest absolute Gasteiger partial charge is 0.453 e. The number of nitrogens with zero attached hydrogens (tertiary/aromatic N) is 3. The normalized spacial score (nSPS) is 21.7. The third-order valence-electron chi connectivity index (χ3n) is 6.98. The van der Waals surface area contributed by atoms with Crippen molar-refractivity contribution in [1.29, 1.82) is 0 Å². The van der Waals surface area contributed by atoms with Crippen molar-refractivity contribution in [2.45, 2.75) is 58.4 Å². The molecule has 0 aliphatic heterocycles. The number of ether oxygens (including phenoxy) is 1. The van der Waals surface area contributed by atoms with Crippen LogP contribution in [0.2, 0.25) is 0 Å². The van der Waals surface area contributed by atoms with Crippen molar-refractivity contribution in [3.05, 3.63) is 59.2 Å². The van der Waals surface area contributed by atoms with Crippen LogP contribution in [-0.4, -0.2) is 61.2 Å². The molecule has 3 aromatic rings. The van der Waals surface area contributed by atoms with Gasteiger partial charge in [-0.25, -0.2) is 9.55 Å². The maximum atomic E-state index is 13.9. The van der Waals surface area contributed by atoms with Gasteiger partial charge in [0.05, 0.1) is 25.1 Å². The monoisotopic (exact) mass is 602 g/mol. The number of H-pyrrole nitrogens is 1. The summed E-state index contributed by atoms with van der Waals surface area (Å²) in [5, 5.41) is 13.5. The van der Waals surface area contributed by atoms with Crippen LogP contribution in [0.1, 0.15) is 40.2 Å². The predicted octanol–water partition coefficient (Wildman–Crippen LogP) is 2.52. The zero-order valence-electron chi connectivity index (χ0n) is 23.7. The number of hydrogen-bond acceptors (Lipinski definition) is 11. The molecule has 1 fully saturated rings. The molecule has 0 saturated heterocycles. The van der Waals surface area contributed by atoms with Gasteiger partial charge in [-0.15, -0.1) is 0 Å². The van der Waals surface area contributed by atoms with Crippen molar-refractivity contribution >= 4 is 36.6 Å². The minimum atomic E-state index is -4.26. The van der Waals surface area contributed by atoms with Gasteiger partial charge in [0.25, 0.3) is 5.56 Å². The summed E-state index contributed by atoms with van der Waals surface area (Å²) >= 11 is 0. The second kappa shape index (κ2) is 12.6. The van der Waals surface area contributed by atoms with Crippen LogP contribution < -0.4 is 20.9 Å². The standard InChI is InChI=1S/C27H35N6O8P/c1-14(2)23(35)17(5)40-26(37)16(4)32-42(38,41-18-9-7-6-8-10-18)39-12-19-15(3)20(11-21(19)34)33-13-29-22-24(33)30-27(28)31-25(22)36/h6-10,13-14,16-17,19-21,34H,3,11-12H2,1-2,4-5H3,(H,32,38)(H3,28,30,31,36)/t16-,17-,19-,20-,21-,42-/m0/s1. The molecule has 0 unspecified atom stereocenters. The molecule has 2 heterocycles. The van der Waals surface area contributed by atoms with E-state index < -0.39 is 49.5 Å². The van der Waals surface area contributed by atoms with Gasteiger partial charge < -0.3 is 24.7 Å². The molecule has 2 aromatic heterocycles. The van der Waals surface area contributed by atoms with Crippen LogP contribution in [0.25, 0.3) is 11.2 Å². The molecule has 14 nitrogen and oxygen atoms in total. The molecular weight excluding hydrogens is 567 g/mol. The van der Waals surface area contributed by atoms with E-state index in [0.29, 0.717) is 5.57 Å². The van der Waals surface area contributed by atoms with Gasteiger partial charge in [0.2, 0.25) is 5.95 Å². The molecule has 0 spiro atoms. The molecule has 4 rings (SSSR count). The Bertz CT molecular complexity index is 1570. The highest BCUT2D eigenvalue weighted by Gasteiger charge is 2.41. The van der Waals surface area contributed by atoms with Crippen LogP contribution in [0.15, 0.2) is 53.6 Å². The first-order valence-electron chi connectivity index (χ1n) is 13.4. The van der Waals surface area contributed by atoms with E-state index in [1.54, 1.807) is 48.7 Å². The van der Waals surface area contributed by atoms with E-state index >= 15 is 0 Å². The summed E-state index contributed by atoms with van der Waals surface area (Å²) in [4.78, 5) is 47.8. The first kappa shape index (κ1) is 31.1. The quantitative estimate of drug-likeness (QED) is 0.134. The number of aromatic amines is 1. The fourth-order valence-electron chi connectivity index (χ4n) is 4.70. The predicted molar refractivity (Wildman–Crippen MR) is 153 cm³/mol. The maximum Gasteiger partial charge on any atom is 0.459 e. The number of rotatable bonds is 12. The number of ketones is 1. The molecule has 1 saturated carbocycles. The number of aliphatic hydroxyl groups is 1. The largest absolute Gasteiger partial charge is 0.459 e. The average molecular weight is 603 g/mol. The Kier molecular flexibility index (Phi) is 9.31. The zero-order valence-corrected chi connectivity index (χ0v) is 24.6.